The van der Waals surface area contributed by atoms with Crippen molar-refractivity contribution in [2.45, 2.75) is 45.8 Å². The lowest BCUT2D eigenvalue weighted by atomic mass is 9.85. The zero-order valence-electron chi connectivity index (χ0n) is 11.2. The highest BCUT2D eigenvalue weighted by Crippen LogP contribution is 2.39. The van der Waals surface area contributed by atoms with Crippen LogP contribution >= 0.6 is 0 Å². The number of primary amides is 1. The molecule has 0 fully saturated rings. The zero-order valence-corrected chi connectivity index (χ0v) is 11.2. The average molecular weight is 249 g/mol. The van der Waals surface area contributed by atoms with Crippen molar-refractivity contribution in [1.82, 2.24) is 0 Å². The maximum Gasteiger partial charge on any atom is 0.264 e. The van der Waals surface area contributed by atoms with Crippen molar-refractivity contribution in [1.29, 1.82) is 0 Å². The van der Waals surface area contributed by atoms with E-state index in [1.54, 1.807) is 6.92 Å². The average Bonchev–Trinajstić information content (AvgIpc) is 2.29. The minimum atomic E-state index is -1.35. The Balaban J connectivity index is 2.60. The van der Waals surface area contributed by atoms with E-state index >= 15 is 0 Å². The fourth-order valence-corrected chi connectivity index (χ4v) is 2.38. The van der Waals surface area contributed by atoms with Crippen LogP contribution in [-0.2, 0) is 11.2 Å². The largest absolute Gasteiger partial charge is 0.474 e. The number of rotatable bonds is 1. The number of aliphatic hydroxyl groups is 1. The number of hydrogen-bond donors (Lipinski definition) is 2. The SMILES string of the molecule is Cc1cc(C)c2c(c1C)OC(C)(C(N)=O)C(O)C2. The second-order valence-electron chi connectivity index (χ2n) is 5.24. The maximum absolute atomic E-state index is 11.5. The monoisotopic (exact) mass is 249 g/mol. The highest BCUT2D eigenvalue weighted by Gasteiger charge is 2.46. The van der Waals surface area contributed by atoms with Crippen molar-refractivity contribution in [3.8, 4) is 5.75 Å². The summed E-state index contributed by atoms with van der Waals surface area (Å²) in [5, 5.41) is 10.1. The van der Waals surface area contributed by atoms with Crippen LogP contribution in [0.15, 0.2) is 6.07 Å². The fraction of sp³-hybridized carbons (Fsp3) is 0.500. The van der Waals surface area contributed by atoms with E-state index in [-0.39, 0.29) is 0 Å². The molecule has 0 bridgehead atoms. The summed E-state index contributed by atoms with van der Waals surface area (Å²) in [7, 11) is 0. The highest BCUT2D eigenvalue weighted by atomic mass is 16.5. The predicted molar refractivity (Wildman–Crippen MR) is 68.6 cm³/mol. The molecule has 3 N–H and O–H groups in total. The van der Waals surface area contributed by atoms with E-state index in [1.165, 1.54) is 0 Å². The maximum atomic E-state index is 11.5. The van der Waals surface area contributed by atoms with E-state index in [4.69, 9.17) is 10.5 Å². The lowest BCUT2D eigenvalue weighted by Crippen LogP contribution is -2.58. The molecule has 0 spiro atoms. The second-order valence-corrected chi connectivity index (χ2v) is 5.24. The van der Waals surface area contributed by atoms with Crippen LogP contribution in [0.2, 0.25) is 0 Å². The van der Waals surface area contributed by atoms with Crippen molar-refractivity contribution in [2.24, 2.45) is 5.73 Å². The summed E-state index contributed by atoms with van der Waals surface area (Å²) in [4.78, 5) is 11.5. The van der Waals surface area contributed by atoms with Gasteiger partial charge in [-0.1, -0.05) is 6.07 Å². The van der Waals surface area contributed by atoms with Crippen molar-refractivity contribution in [3.05, 3.63) is 28.3 Å². The predicted octanol–water partition coefficient (Wildman–Crippen LogP) is 1.15. The first-order valence-electron chi connectivity index (χ1n) is 6.04. The molecule has 0 saturated carbocycles. The van der Waals surface area contributed by atoms with Crippen LogP contribution in [-0.4, -0.2) is 22.7 Å². The molecule has 4 nitrogen and oxygen atoms in total. The molecule has 1 aromatic carbocycles. The van der Waals surface area contributed by atoms with E-state index in [2.05, 4.69) is 6.07 Å². The number of nitrogens with two attached hydrogens (primary N) is 1. The lowest BCUT2D eigenvalue weighted by molar-refractivity contribution is -0.144. The van der Waals surface area contributed by atoms with Crippen molar-refractivity contribution in [2.75, 3.05) is 0 Å². The molecule has 0 aromatic heterocycles. The number of aliphatic hydroxyl groups excluding tert-OH is 1. The molecule has 1 heterocycles. The third kappa shape index (κ3) is 1.68. The van der Waals surface area contributed by atoms with Crippen molar-refractivity contribution < 1.29 is 14.6 Å². The van der Waals surface area contributed by atoms with Gasteiger partial charge in [0, 0.05) is 12.0 Å². The standard InChI is InChI=1S/C14H19NO3/c1-7-5-8(2)10-6-11(16)14(4,13(15)17)18-12(10)9(7)3/h5,11,16H,6H2,1-4H3,(H2,15,17). The van der Waals surface area contributed by atoms with Gasteiger partial charge in [0.2, 0.25) is 5.60 Å². The van der Waals surface area contributed by atoms with Crippen LogP contribution in [0.3, 0.4) is 0 Å². The van der Waals surface area contributed by atoms with Gasteiger partial charge in [0.1, 0.15) is 11.9 Å². The molecular weight excluding hydrogens is 230 g/mol. The molecule has 98 valence electrons. The Labute approximate surface area is 107 Å². The Hall–Kier alpha value is -1.55. The van der Waals surface area contributed by atoms with Gasteiger partial charge in [-0.05, 0) is 44.4 Å². The van der Waals surface area contributed by atoms with Crippen molar-refractivity contribution >= 4 is 5.91 Å². The summed E-state index contributed by atoms with van der Waals surface area (Å²) in [5.74, 6) is 0.0540. The summed E-state index contributed by atoms with van der Waals surface area (Å²) in [6, 6.07) is 2.07. The van der Waals surface area contributed by atoms with Crippen LogP contribution in [0, 0.1) is 20.8 Å². The molecule has 2 rings (SSSR count). The van der Waals surface area contributed by atoms with Gasteiger partial charge in [0.15, 0.2) is 0 Å². The lowest BCUT2D eigenvalue weighted by Gasteiger charge is -2.38. The Morgan fingerprint density at radius 1 is 1.44 bits per heavy atom. The van der Waals surface area contributed by atoms with Crippen LogP contribution < -0.4 is 10.5 Å². The summed E-state index contributed by atoms with van der Waals surface area (Å²) < 4.78 is 5.76. The second kappa shape index (κ2) is 3.99. The number of carbonyl (C=O) groups excluding carboxylic acids is 1. The molecule has 2 atom stereocenters. The Bertz CT molecular complexity index is 524. The van der Waals surface area contributed by atoms with E-state index < -0.39 is 17.6 Å². The third-order valence-corrected chi connectivity index (χ3v) is 3.95. The zero-order chi connectivity index (χ0) is 13.7. The molecule has 1 aromatic rings. The van der Waals surface area contributed by atoms with E-state index in [0.717, 1.165) is 22.3 Å². The topological polar surface area (TPSA) is 72.5 Å². The highest BCUT2D eigenvalue weighted by molar-refractivity contribution is 5.85. The fourth-order valence-electron chi connectivity index (χ4n) is 2.38. The van der Waals surface area contributed by atoms with Crippen LogP contribution in [0.25, 0.3) is 0 Å². The number of fused-ring (bicyclic) bond motifs is 1. The van der Waals surface area contributed by atoms with Gasteiger partial charge in [0.05, 0.1) is 0 Å². The first kappa shape index (κ1) is 12.9. The number of ether oxygens (including phenoxy) is 1. The molecule has 0 saturated heterocycles. The molecule has 1 amide bonds. The Kier molecular flexibility index (Phi) is 2.86. The summed E-state index contributed by atoms with van der Waals surface area (Å²) in [5.41, 5.74) is 8.13. The van der Waals surface area contributed by atoms with E-state index in [9.17, 15) is 9.90 Å². The first-order chi connectivity index (χ1) is 8.27. The van der Waals surface area contributed by atoms with Gasteiger partial charge in [-0.2, -0.15) is 0 Å². The molecule has 1 aliphatic heterocycles. The van der Waals surface area contributed by atoms with Crippen LogP contribution in [0.1, 0.15) is 29.2 Å². The summed E-state index contributed by atoms with van der Waals surface area (Å²) >= 11 is 0. The minimum Gasteiger partial charge on any atom is -0.474 e. The van der Waals surface area contributed by atoms with E-state index in [0.29, 0.717) is 12.2 Å². The normalized spacial score (nSPS) is 26.4. The molecule has 18 heavy (non-hydrogen) atoms. The molecule has 4 heteroatoms. The minimum absolute atomic E-state index is 0.391. The van der Waals surface area contributed by atoms with Crippen LogP contribution in [0.4, 0.5) is 0 Å². The molecule has 0 radical (unpaired) electrons. The van der Waals surface area contributed by atoms with E-state index in [1.807, 2.05) is 20.8 Å². The molecule has 2 unspecified atom stereocenters. The Morgan fingerprint density at radius 2 is 2.06 bits per heavy atom. The number of carbonyl (C=O) groups is 1. The first-order valence-corrected chi connectivity index (χ1v) is 6.04. The summed E-state index contributed by atoms with van der Waals surface area (Å²) in [6.45, 7) is 7.47. The molecule has 1 aliphatic rings. The third-order valence-electron chi connectivity index (χ3n) is 3.95. The smallest absolute Gasteiger partial charge is 0.264 e. The Morgan fingerprint density at radius 3 is 2.61 bits per heavy atom. The number of amides is 1. The summed E-state index contributed by atoms with van der Waals surface area (Å²) in [6.07, 6.45) is -0.523. The number of aryl methyl sites for hydroxylation is 2. The van der Waals surface area contributed by atoms with Gasteiger partial charge in [-0.3, -0.25) is 4.79 Å². The number of hydrogen-bond acceptors (Lipinski definition) is 3. The molecular formula is C14H19NO3. The van der Waals surface area contributed by atoms with Gasteiger partial charge in [-0.25, -0.2) is 0 Å². The number of benzene rings is 1. The van der Waals surface area contributed by atoms with Gasteiger partial charge in [-0.15, -0.1) is 0 Å². The van der Waals surface area contributed by atoms with Crippen LogP contribution in [0.5, 0.6) is 5.75 Å². The quantitative estimate of drug-likeness (QED) is 0.784. The van der Waals surface area contributed by atoms with Gasteiger partial charge < -0.3 is 15.6 Å². The van der Waals surface area contributed by atoms with Gasteiger partial charge >= 0.3 is 0 Å². The molecule has 0 aliphatic carbocycles. The van der Waals surface area contributed by atoms with Gasteiger partial charge in [0.25, 0.3) is 5.91 Å². The van der Waals surface area contributed by atoms with Crippen molar-refractivity contribution in [3.63, 3.8) is 0 Å².